The highest BCUT2D eigenvalue weighted by atomic mass is 35.5. The van der Waals surface area contributed by atoms with E-state index in [4.69, 9.17) is 0 Å². The molecule has 0 spiro atoms. The molecule has 0 unspecified atom stereocenters. The number of pyridine rings is 1. The molecule has 22 heavy (non-hydrogen) atoms. The van der Waals surface area contributed by atoms with Gasteiger partial charge in [0.05, 0.1) is 5.56 Å². The van der Waals surface area contributed by atoms with E-state index in [0.717, 1.165) is 6.54 Å². The van der Waals surface area contributed by atoms with Gasteiger partial charge in [-0.05, 0) is 13.0 Å². The average Bonchev–Trinajstić information content (AvgIpc) is 2.45. The summed E-state index contributed by atoms with van der Waals surface area (Å²) < 4.78 is 40.5. The van der Waals surface area contributed by atoms with Crippen LogP contribution in [0.15, 0.2) is 18.3 Å². The summed E-state index contributed by atoms with van der Waals surface area (Å²) in [5.41, 5.74) is 0.336. The van der Waals surface area contributed by atoms with E-state index in [9.17, 15) is 18.0 Å². The van der Waals surface area contributed by atoms with Crippen molar-refractivity contribution in [3.8, 4) is 5.88 Å². The Balaban J connectivity index is 0.00000242. The molecule has 1 aromatic heterocycles. The van der Waals surface area contributed by atoms with Gasteiger partial charge in [-0.3, -0.25) is 4.79 Å². The molecule has 0 aliphatic carbocycles. The maximum absolute atomic E-state index is 12.3. The van der Waals surface area contributed by atoms with E-state index in [1.54, 1.807) is 4.90 Å². The zero-order valence-electron chi connectivity index (χ0n) is 11.9. The Bertz CT molecular complexity index is 496. The van der Waals surface area contributed by atoms with E-state index in [2.05, 4.69) is 15.0 Å². The second-order valence-electron chi connectivity index (χ2n) is 4.84. The summed E-state index contributed by atoms with van der Waals surface area (Å²) in [6.07, 6.45) is -3.17. The number of carbonyl (C=O) groups excluding carboxylic acids is 1. The van der Waals surface area contributed by atoms with Gasteiger partial charge < -0.3 is 15.0 Å². The topological polar surface area (TPSA) is 54.5 Å². The van der Waals surface area contributed by atoms with Crippen molar-refractivity contribution < 1.29 is 22.7 Å². The normalized spacial score (nSPS) is 18.5. The lowest BCUT2D eigenvalue weighted by Gasteiger charge is -2.33. The van der Waals surface area contributed by atoms with E-state index in [0.29, 0.717) is 18.7 Å². The number of aromatic nitrogens is 1. The number of nitrogens with zero attached hydrogens (tertiary/aromatic N) is 2. The predicted octanol–water partition coefficient (Wildman–Crippen LogP) is 1.88. The van der Waals surface area contributed by atoms with Crippen LogP contribution in [0, 0.1) is 0 Å². The molecule has 2 rings (SSSR count). The smallest absolute Gasteiger partial charge is 0.422 e. The summed E-state index contributed by atoms with van der Waals surface area (Å²) >= 11 is 0. The van der Waals surface area contributed by atoms with Crippen LogP contribution in [-0.2, 0) is 0 Å². The van der Waals surface area contributed by atoms with Crippen LogP contribution in [0.1, 0.15) is 17.3 Å². The molecule has 2 heterocycles. The standard InChI is InChI=1S/C13H16F3N3O2.ClH/c1-9-6-17-4-5-19(9)12(20)10-2-3-11(18-7-10)21-8-13(14,15)16;/h2-3,7,9,17H,4-6,8H2,1H3;1H/t9-;/m1./s1. The Labute approximate surface area is 132 Å². The molecule has 1 saturated heterocycles. The molecule has 1 amide bonds. The first kappa shape index (κ1) is 18.5. The molecular formula is C13H17ClF3N3O2. The van der Waals surface area contributed by atoms with E-state index >= 15 is 0 Å². The molecule has 5 nitrogen and oxygen atoms in total. The zero-order valence-corrected chi connectivity index (χ0v) is 12.7. The Morgan fingerprint density at radius 1 is 1.50 bits per heavy atom. The lowest BCUT2D eigenvalue weighted by Crippen LogP contribution is -2.52. The number of hydrogen-bond donors (Lipinski definition) is 1. The minimum absolute atomic E-state index is 0. The fourth-order valence-electron chi connectivity index (χ4n) is 2.06. The van der Waals surface area contributed by atoms with Crippen LogP contribution in [0.5, 0.6) is 5.88 Å². The van der Waals surface area contributed by atoms with Crippen molar-refractivity contribution >= 4 is 18.3 Å². The molecule has 1 aliphatic heterocycles. The number of ether oxygens (including phenoxy) is 1. The summed E-state index contributed by atoms with van der Waals surface area (Å²) in [6, 6.07) is 2.76. The molecule has 0 saturated carbocycles. The van der Waals surface area contributed by atoms with Gasteiger partial charge in [0.15, 0.2) is 6.61 Å². The van der Waals surface area contributed by atoms with Gasteiger partial charge in [0.25, 0.3) is 5.91 Å². The summed E-state index contributed by atoms with van der Waals surface area (Å²) in [5, 5.41) is 3.17. The lowest BCUT2D eigenvalue weighted by atomic mass is 10.1. The minimum Gasteiger partial charge on any atom is -0.468 e. The van der Waals surface area contributed by atoms with Gasteiger partial charge in [0.1, 0.15) is 0 Å². The van der Waals surface area contributed by atoms with Crippen LogP contribution < -0.4 is 10.1 Å². The van der Waals surface area contributed by atoms with Gasteiger partial charge >= 0.3 is 6.18 Å². The lowest BCUT2D eigenvalue weighted by molar-refractivity contribution is -0.154. The van der Waals surface area contributed by atoms with Gasteiger partial charge in [-0.2, -0.15) is 13.2 Å². The highest BCUT2D eigenvalue weighted by molar-refractivity contribution is 5.94. The molecule has 1 fully saturated rings. The number of rotatable bonds is 3. The first-order chi connectivity index (χ1) is 9.87. The summed E-state index contributed by atoms with van der Waals surface area (Å²) in [4.78, 5) is 17.7. The molecule has 0 aromatic carbocycles. The van der Waals surface area contributed by atoms with Gasteiger partial charge in [0, 0.05) is 37.9 Å². The van der Waals surface area contributed by atoms with Crippen LogP contribution >= 0.6 is 12.4 Å². The number of piperazine rings is 1. The second-order valence-corrected chi connectivity index (χ2v) is 4.84. The molecule has 1 N–H and O–H groups in total. The number of amides is 1. The third-order valence-corrected chi connectivity index (χ3v) is 3.13. The zero-order chi connectivity index (χ0) is 15.5. The fraction of sp³-hybridized carbons (Fsp3) is 0.538. The fourth-order valence-corrected chi connectivity index (χ4v) is 2.06. The number of carbonyl (C=O) groups is 1. The Morgan fingerprint density at radius 2 is 2.23 bits per heavy atom. The number of hydrogen-bond acceptors (Lipinski definition) is 4. The van der Waals surface area contributed by atoms with Crippen molar-refractivity contribution in [2.45, 2.75) is 19.1 Å². The Hall–Kier alpha value is -1.54. The molecule has 0 bridgehead atoms. The predicted molar refractivity (Wildman–Crippen MR) is 76.4 cm³/mol. The van der Waals surface area contributed by atoms with Crippen molar-refractivity contribution in [2.75, 3.05) is 26.2 Å². The quantitative estimate of drug-likeness (QED) is 0.913. The van der Waals surface area contributed by atoms with Crippen LogP contribution in [0.3, 0.4) is 0 Å². The van der Waals surface area contributed by atoms with E-state index < -0.39 is 12.8 Å². The van der Waals surface area contributed by atoms with E-state index in [1.165, 1.54) is 18.3 Å². The van der Waals surface area contributed by atoms with Gasteiger partial charge in [-0.25, -0.2) is 4.98 Å². The molecule has 0 radical (unpaired) electrons. The van der Waals surface area contributed by atoms with Crippen LogP contribution in [0.4, 0.5) is 13.2 Å². The monoisotopic (exact) mass is 339 g/mol. The number of alkyl halides is 3. The molecule has 1 atom stereocenters. The minimum atomic E-state index is -4.41. The number of halogens is 4. The number of nitrogens with one attached hydrogen (secondary N) is 1. The highest BCUT2D eigenvalue weighted by Crippen LogP contribution is 2.17. The van der Waals surface area contributed by atoms with Crippen molar-refractivity contribution in [2.24, 2.45) is 0 Å². The van der Waals surface area contributed by atoms with Gasteiger partial charge in [0.2, 0.25) is 5.88 Å². The Kier molecular flexibility index (Phi) is 6.43. The summed E-state index contributed by atoms with van der Waals surface area (Å²) in [6.45, 7) is 2.55. The Morgan fingerprint density at radius 3 is 2.77 bits per heavy atom. The largest absolute Gasteiger partial charge is 0.468 e. The first-order valence-corrected chi connectivity index (χ1v) is 6.54. The van der Waals surface area contributed by atoms with Gasteiger partial charge in [-0.1, -0.05) is 0 Å². The average molecular weight is 340 g/mol. The molecule has 1 aromatic rings. The molecule has 9 heteroatoms. The van der Waals surface area contributed by atoms with Crippen molar-refractivity contribution in [3.05, 3.63) is 23.9 Å². The second kappa shape index (κ2) is 7.64. The van der Waals surface area contributed by atoms with Crippen molar-refractivity contribution in [1.82, 2.24) is 15.2 Å². The van der Waals surface area contributed by atoms with Crippen molar-refractivity contribution in [3.63, 3.8) is 0 Å². The van der Waals surface area contributed by atoms with E-state index in [-0.39, 0.29) is 30.2 Å². The van der Waals surface area contributed by atoms with Crippen LogP contribution in [-0.4, -0.2) is 54.3 Å². The maximum atomic E-state index is 12.3. The molecule has 124 valence electrons. The third-order valence-electron chi connectivity index (χ3n) is 3.13. The molecular weight excluding hydrogens is 323 g/mol. The summed E-state index contributed by atoms with van der Waals surface area (Å²) in [7, 11) is 0. The summed E-state index contributed by atoms with van der Waals surface area (Å²) in [5.74, 6) is -0.337. The van der Waals surface area contributed by atoms with Gasteiger partial charge in [-0.15, -0.1) is 12.4 Å². The third kappa shape index (κ3) is 5.03. The van der Waals surface area contributed by atoms with Crippen molar-refractivity contribution in [1.29, 1.82) is 0 Å². The highest BCUT2D eigenvalue weighted by Gasteiger charge is 2.29. The molecule has 1 aliphatic rings. The van der Waals surface area contributed by atoms with E-state index in [1.807, 2.05) is 6.92 Å². The SMILES string of the molecule is C[C@@H]1CNCCN1C(=O)c1ccc(OCC(F)(F)F)nc1.Cl. The maximum Gasteiger partial charge on any atom is 0.422 e. The first-order valence-electron chi connectivity index (χ1n) is 6.54. The van der Waals surface area contributed by atoms with Crippen LogP contribution in [0.2, 0.25) is 0 Å². The van der Waals surface area contributed by atoms with Crippen LogP contribution in [0.25, 0.3) is 0 Å².